The average molecular weight is 328 g/mol. The summed E-state index contributed by atoms with van der Waals surface area (Å²) in [6.07, 6.45) is 10.5. The van der Waals surface area contributed by atoms with Gasteiger partial charge in [0.15, 0.2) is 0 Å². The minimum Gasteiger partial charge on any atom is -0.481 e. The molecular formula is C19H36O4. The van der Waals surface area contributed by atoms with Crippen molar-refractivity contribution < 1.29 is 20.1 Å². The van der Waals surface area contributed by atoms with E-state index < -0.39 is 11.6 Å². The molecule has 0 radical (unpaired) electrons. The second-order valence-corrected chi connectivity index (χ2v) is 7.58. The molecule has 0 amide bonds. The van der Waals surface area contributed by atoms with Gasteiger partial charge in [-0.2, -0.15) is 0 Å². The Kier molecular flexibility index (Phi) is 9.15. The summed E-state index contributed by atoms with van der Waals surface area (Å²) >= 11 is 0. The van der Waals surface area contributed by atoms with Crippen LogP contribution in [0, 0.1) is 11.8 Å². The van der Waals surface area contributed by atoms with Crippen molar-refractivity contribution in [2.45, 2.75) is 103 Å². The highest BCUT2D eigenvalue weighted by atomic mass is 16.4. The molecule has 0 aromatic heterocycles. The Morgan fingerprint density at radius 2 is 1.78 bits per heavy atom. The molecule has 1 rings (SSSR count). The van der Waals surface area contributed by atoms with E-state index in [2.05, 4.69) is 6.92 Å². The van der Waals surface area contributed by atoms with Crippen LogP contribution in [0.25, 0.3) is 0 Å². The number of hydrogen-bond acceptors (Lipinski definition) is 3. The molecule has 1 saturated carbocycles. The van der Waals surface area contributed by atoms with E-state index in [4.69, 9.17) is 5.11 Å². The van der Waals surface area contributed by atoms with Crippen molar-refractivity contribution in [1.29, 1.82) is 0 Å². The average Bonchev–Trinajstić information content (AvgIpc) is 2.85. The highest BCUT2D eigenvalue weighted by molar-refractivity contribution is 5.66. The van der Waals surface area contributed by atoms with Crippen LogP contribution in [-0.2, 0) is 4.79 Å². The number of aliphatic carboxylic acids is 1. The third-order valence-electron chi connectivity index (χ3n) is 5.55. The molecule has 4 nitrogen and oxygen atoms in total. The fourth-order valence-electron chi connectivity index (χ4n) is 4.14. The molecule has 2 unspecified atom stereocenters. The van der Waals surface area contributed by atoms with Crippen molar-refractivity contribution in [1.82, 2.24) is 0 Å². The summed E-state index contributed by atoms with van der Waals surface area (Å²) in [6.45, 7) is 4.13. The molecule has 3 N–H and O–H groups in total. The van der Waals surface area contributed by atoms with Crippen LogP contribution in [0.4, 0.5) is 0 Å². The highest BCUT2D eigenvalue weighted by Crippen LogP contribution is 2.43. The van der Waals surface area contributed by atoms with E-state index in [1.54, 1.807) is 0 Å². The molecule has 4 heteroatoms. The number of carboxylic acids is 1. The van der Waals surface area contributed by atoms with E-state index in [0.29, 0.717) is 6.42 Å². The molecule has 4 atom stereocenters. The lowest BCUT2D eigenvalue weighted by Crippen LogP contribution is -2.38. The Labute approximate surface area is 141 Å². The molecule has 136 valence electrons. The van der Waals surface area contributed by atoms with Gasteiger partial charge in [-0.05, 0) is 50.9 Å². The van der Waals surface area contributed by atoms with E-state index in [9.17, 15) is 15.0 Å². The Morgan fingerprint density at radius 3 is 2.43 bits per heavy atom. The predicted octanol–water partition coefficient (Wildman–Crippen LogP) is 4.13. The van der Waals surface area contributed by atoms with Crippen LogP contribution in [0.1, 0.15) is 90.9 Å². The molecule has 0 heterocycles. The third-order valence-corrected chi connectivity index (χ3v) is 5.55. The van der Waals surface area contributed by atoms with Gasteiger partial charge in [-0.1, -0.05) is 45.4 Å². The summed E-state index contributed by atoms with van der Waals surface area (Å²) in [4.78, 5) is 10.5. The van der Waals surface area contributed by atoms with Crippen molar-refractivity contribution in [2.75, 3.05) is 0 Å². The molecule has 1 fully saturated rings. The Bertz CT molecular complexity index is 340. The van der Waals surface area contributed by atoms with Gasteiger partial charge >= 0.3 is 5.97 Å². The van der Waals surface area contributed by atoms with E-state index in [1.165, 1.54) is 19.3 Å². The van der Waals surface area contributed by atoms with Crippen molar-refractivity contribution in [3.8, 4) is 0 Å². The lowest BCUT2D eigenvalue weighted by molar-refractivity contribution is -0.137. The molecule has 0 spiro atoms. The van der Waals surface area contributed by atoms with E-state index >= 15 is 0 Å². The molecule has 1 aliphatic carbocycles. The van der Waals surface area contributed by atoms with Gasteiger partial charge in [-0.25, -0.2) is 0 Å². The maximum Gasteiger partial charge on any atom is 0.303 e. The molecule has 1 aliphatic rings. The van der Waals surface area contributed by atoms with Crippen LogP contribution in [0.3, 0.4) is 0 Å². The fraction of sp³-hybridized carbons (Fsp3) is 0.947. The van der Waals surface area contributed by atoms with Crippen LogP contribution in [-0.4, -0.2) is 33.0 Å². The highest BCUT2D eigenvalue weighted by Gasteiger charge is 2.44. The van der Waals surface area contributed by atoms with Crippen molar-refractivity contribution in [3.05, 3.63) is 0 Å². The van der Waals surface area contributed by atoms with Gasteiger partial charge < -0.3 is 15.3 Å². The first kappa shape index (κ1) is 20.4. The number of hydrogen-bond donors (Lipinski definition) is 3. The zero-order valence-corrected chi connectivity index (χ0v) is 15.0. The van der Waals surface area contributed by atoms with Gasteiger partial charge in [-0.15, -0.1) is 0 Å². The number of aliphatic hydroxyl groups is 2. The molecule has 0 bridgehead atoms. The largest absolute Gasteiger partial charge is 0.481 e. The van der Waals surface area contributed by atoms with Crippen LogP contribution in [0.5, 0.6) is 0 Å². The minimum absolute atomic E-state index is 0.168. The Balaban J connectivity index is 2.40. The zero-order chi connectivity index (χ0) is 17.3. The molecule has 0 saturated heterocycles. The third kappa shape index (κ3) is 7.21. The predicted molar refractivity (Wildman–Crippen MR) is 92.3 cm³/mol. The normalized spacial score (nSPS) is 27.0. The van der Waals surface area contributed by atoms with E-state index in [0.717, 1.165) is 44.9 Å². The number of unbranched alkanes of at least 4 members (excludes halogenated alkanes) is 5. The lowest BCUT2D eigenvalue weighted by atomic mass is 9.76. The van der Waals surface area contributed by atoms with Crippen molar-refractivity contribution >= 4 is 5.97 Å². The zero-order valence-electron chi connectivity index (χ0n) is 15.0. The molecule has 23 heavy (non-hydrogen) atoms. The standard InChI is InChI=1S/C19H36O4/c1-3-4-5-9-14-19(2,23)16-12-13-17(20)15(16)10-7-6-8-11-18(21)22/h15-17,20,23H,3-14H2,1-2H3,(H,21,22)/t15-,16+,17?,19?/m0/s1. The van der Waals surface area contributed by atoms with Crippen LogP contribution < -0.4 is 0 Å². The van der Waals surface area contributed by atoms with Crippen LogP contribution >= 0.6 is 0 Å². The first-order chi connectivity index (χ1) is 10.9. The van der Waals surface area contributed by atoms with E-state index in [-0.39, 0.29) is 24.4 Å². The number of carbonyl (C=O) groups is 1. The topological polar surface area (TPSA) is 77.8 Å². The summed E-state index contributed by atoms with van der Waals surface area (Å²) in [5.41, 5.74) is -0.684. The molecular weight excluding hydrogens is 292 g/mol. The maximum absolute atomic E-state index is 10.9. The molecule has 0 aromatic rings. The summed E-state index contributed by atoms with van der Waals surface area (Å²) in [5.74, 6) is -0.390. The molecule has 0 aromatic carbocycles. The number of carboxylic acid groups (broad SMARTS) is 1. The van der Waals surface area contributed by atoms with Crippen LogP contribution in [0.2, 0.25) is 0 Å². The SMILES string of the molecule is CCCCCCC(C)(O)[C@@H]1CCC(O)[C@H]1CCCCCC(=O)O. The first-order valence-corrected chi connectivity index (χ1v) is 9.50. The Morgan fingerprint density at radius 1 is 1.09 bits per heavy atom. The van der Waals surface area contributed by atoms with Crippen molar-refractivity contribution in [2.24, 2.45) is 11.8 Å². The quantitative estimate of drug-likeness (QED) is 0.471. The van der Waals surface area contributed by atoms with Crippen LogP contribution in [0.15, 0.2) is 0 Å². The maximum atomic E-state index is 10.9. The van der Waals surface area contributed by atoms with Gasteiger partial charge in [0.2, 0.25) is 0 Å². The lowest BCUT2D eigenvalue weighted by Gasteiger charge is -2.35. The van der Waals surface area contributed by atoms with Gasteiger partial charge in [0, 0.05) is 6.42 Å². The number of rotatable bonds is 12. The summed E-state index contributed by atoms with van der Waals surface area (Å²) in [6, 6.07) is 0. The van der Waals surface area contributed by atoms with E-state index in [1.807, 2.05) is 6.92 Å². The second kappa shape index (κ2) is 10.3. The smallest absolute Gasteiger partial charge is 0.303 e. The summed E-state index contributed by atoms with van der Waals surface area (Å²) in [7, 11) is 0. The van der Waals surface area contributed by atoms with Crippen molar-refractivity contribution in [3.63, 3.8) is 0 Å². The van der Waals surface area contributed by atoms with Gasteiger partial charge in [-0.3, -0.25) is 4.79 Å². The second-order valence-electron chi connectivity index (χ2n) is 7.58. The number of aliphatic hydroxyl groups excluding tert-OH is 1. The summed E-state index contributed by atoms with van der Waals surface area (Å²) in [5, 5.41) is 29.8. The Hall–Kier alpha value is -0.610. The van der Waals surface area contributed by atoms with Gasteiger partial charge in [0.25, 0.3) is 0 Å². The van der Waals surface area contributed by atoms with Gasteiger partial charge in [0.1, 0.15) is 0 Å². The fourth-order valence-corrected chi connectivity index (χ4v) is 4.14. The minimum atomic E-state index is -0.737. The first-order valence-electron chi connectivity index (χ1n) is 9.50. The molecule has 0 aliphatic heterocycles. The summed E-state index contributed by atoms with van der Waals surface area (Å²) < 4.78 is 0. The van der Waals surface area contributed by atoms with Gasteiger partial charge in [0.05, 0.1) is 11.7 Å². The monoisotopic (exact) mass is 328 g/mol.